The van der Waals surface area contributed by atoms with Crippen LogP contribution in [-0.4, -0.2) is 9.52 Å². The van der Waals surface area contributed by atoms with E-state index >= 15 is 0 Å². The molecule has 0 nitrogen and oxygen atoms in total. The monoisotopic (exact) mass is 356 g/mol. The normalized spacial score (nSPS) is 11.3. The van der Waals surface area contributed by atoms with E-state index in [1.54, 1.807) is 5.19 Å². The molecule has 0 aliphatic heterocycles. The van der Waals surface area contributed by atoms with E-state index in [0.29, 0.717) is 11.8 Å². The molecule has 1 heteroatoms. The molecule has 3 rings (SSSR count). The number of rotatable bonds is 5. The van der Waals surface area contributed by atoms with Gasteiger partial charge in [-0.05, 0) is 45.2 Å². The van der Waals surface area contributed by atoms with Crippen molar-refractivity contribution in [2.24, 2.45) is 0 Å². The van der Waals surface area contributed by atoms with E-state index in [-0.39, 0.29) is 0 Å². The number of hydrogen-bond donors (Lipinski definition) is 0. The zero-order valence-electron chi connectivity index (χ0n) is 16.5. The van der Waals surface area contributed by atoms with Crippen molar-refractivity contribution >= 4 is 14.7 Å². The van der Waals surface area contributed by atoms with Crippen LogP contribution in [0.25, 0.3) is 22.3 Å². The molecule has 0 unspecified atom stereocenters. The summed E-state index contributed by atoms with van der Waals surface area (Å²) in [6.07, 6.45) is 0. The highest BCUT2D eigenvalue weighted by molar-refractivity contribution is 6.53. The quantitative estimate of drug-likeness (QED) is 0.449. The van der Waals surface area contributed by atoms with Crippen molar-refractivity contribution in [3.8, 4) is 22.3 Å². The summed E-state index contributed by atoms with van der Waals surface area (Å²) in [6, 6.07) is 24.4. The van der Waals surface area contributed by atoms with Crippen LogP contribution in [0, 0.1) is 0 Å². The first-order chi connectivity index (χ1) is 12.5. The van der Waals surface area contributed by atoms with Crippen LogP contribution in [0.5, 0.6) is 0 Å². The zero-order valence-corrected chi connectivity index (χ0v) is 17.5. The van der Waals surface area contributed by atoms with Crippen LogP contribution >= 0.6 is 0 Å². The van der Waals surface area contributed by atoms with E-state index in [4.69, 9.17) is 0 Å². The summed E-state index contributed by atoms with van der Waals surface area (Å²) < 4.78 is 0. The van der Waals surface area contributed by atoms with Gasteiger partial charge in [-0.25, -0.2) is 0 Å². The second-order valence-corrected chi connectivity index (χ2v) is 8.53. The molecule has 0 aromatic heterocycles. The van der Waals surface area contributed by atoms with Crippen LogP contribution in [0.15, 0.2) is 66.7 Å². The summed E-state index contributed by atoms with van der Waals surface area (Å²) in [5, 5.41) is 1.57. The highest BCUT2D eigenvalue weighted by atomic mass is 28.2. The van der Waals surface area contributed by atoms with Gasteiger partial charge >= 0.3 is 0 Å². The standard InChI is InChI=1S/C25H28Si/c1-17(2)23-15-22(16-24(18(3)4)25(23)26-5)21-13-11-20(12-14-21)19-9-7-6-8-10-19/h6-18H,1-5H3. The predicted octanol–water partition coefficient (Wildman–Crippen LogP) is 6.65. The molecule has 0 N–H and O–H groups in total. The van der Waals surface area contributed by atoms with Gasteiger partial charge in [0.05, 0.1) is 9.52 Å². The van der Waals surface area contributed by atoms with Gasteiger partial charge < -0.3 is 0 Å². The molecular weight excluding hydrogens is 328 g/mol. The van der Waals surface area contributed by atoms with Crippen LogP contribution in [0.4, 0.5) is 0 Å². The van der Waals surface area contributed by atoms with E-state index in [1.807, 2.05) is 0 Å². The molecule has 0 aliphatic carbocycles. The van der Waals surface area contributed by atoms with Crippen molar-refractivity contribution in [1.29, 1.82) is 0 Å². The Labute approximate surface area is 161 Å². The molecule has 0 saturated heterocycles. The molecule has 26 heavy (non-hydrogen) atoms. The molecule has 3 aromatic rings. The summed E-state index contributed by atoms with van der Waals surface area (Å²) >= 11 is 0. The van der Waals surface area contributed by atoms with E-state index in [9.17, 15) is 0 Å². The molecule has 0 aliphatic rings. The summed E-state index contributed by atoms with van der Waals surface area (Å²) in [5.41, 5.74) is 8.22. The zero-order chi connectivity index (χ0) is 18.7. The third-order valence-corrected chi connectivity index (χ3v) is 6.10. The first-order valence-electron chi connectivity index (χ1n) is 9.52. The second kappa shape index (κ2) is 8.05. The molecule has 132 valence electrons. The van der Waals surface area contributed by atoms with Crippen molar-refractivity contribution in [1.82, 2.24) is 0 Å². The molecule has 0 saturated carbocycles. The van der Waals surface area contributed by atoms with E-state index < -0.39 is 0 Å². The van der Waals surface area contributed by atoms with Crippen LogP contribution in [0.3, 0.4) is 0 Å². The fraction of sp³-hybridized carbons (Fsp3) is 0.280. The van der Waals surface area contributed by atoms with Gasteiger partial charge in [0.1, 0.15) is 0 Å². The minimum absolute atomic E-state index is 0.554. The minimum Gasteiger partial charge on any atom is -0.0688 e. The Hall–Kier alpha value is -2.12. The number of hydrogen-bond acceptors (Lipinski definition) is 0. The molecule has 0 amide bonds. The lowest BCUT2D eigenvalue weighted by Gasteiger charge is -2.21. The third kappa shape index (κ3) is 3.83. The van der Waals surface area contributed by atoms with Crippen molar-refractivity contribution in [2.75, 3.05) is 0 Å². The molecular formula is C25H28Si. The molecule has 2 radical (unpaired) electrons. The van der Waals surface area contributed by atoms with Crippen molar-refractivity contribution in [2.45, 2.75) is 46.1 Å². The van der Waals surface area contributed by atoms with Gasteiger partial charge in [-0.1, -0.05) is 106 Å². The average molecular weight is 357 g/mol. The van der Waals surface area contributed by atoms with Crippen LogP contribution in [0.1, 0.15) is 50.7 Å². The lowest BCUT2D eigenvalue weighted by atomic mass is 9.90. The Kier molecular flexibility index (Phi) is 5.78. The Morgan fingerprint density at radius 1 is 0.577 bits per heavy atom. The van der Waals surface area contributed by atoms with Gasteiger partial charge in [0, 0.05) is 0 Å². The highest BCUT2D eigenvalue weighted by Gasteiger charge is 2.15. The van der Waals surface area contributed by atoms with Gasteiger partial charge in [-0.3, -0.25) is 0 Å². The first-order valence-corrected chi connectivity index (χ1v) is 11.0. The molecule has 0 spiro atoms. The first kappa shape index (κ1) is 18.7. The maximum atomic E-state index is 2.42. The number of benzene rings is 3. The third-order valence-electron chi connectivity index (χ3n) is 5.02. The molecule has 3 aromatic carbocycles. The summed E-state index contributed by atoms with van der Waals surface area (Å²) in [5.74, 6) is 1.11. The van der Waals surface area contributed by atoms with Gasteiger partial charge in [-0.2, -0.15) is 0 Å². The van der Waals surface area contributed by atoms with Gasteiger partial charge in [-0.15, -0.1) is 0 Å². The summed E-state index contributed by atoms with van der Waals surface area (Å²) in [6.45, 7) is 11.6. The highest BCUT2D eigenvalue weighted by Crippen LogP contribution is 2.29. The maximum Gasteiger partial charge on any atom is 0.0781 e. The Balaban J connectivity index is 2.06. The Morgan fingerprint density at radius 3 is 1.42 bits per heavy atom. The van der Waals surface area contributed by atoms with Crippen LogP contribution in [-0.2, 0) is 0 Å². The summed E-state index contributed by atoms with van der Waals surface area (Å²) in [4.78, 5) is 0. The molecule has 0 bridgehead atoms. The van der Waals surface area contributed by atoms with E-state index in [0.717, 1.165) is 9.52 Å². The van der Waals surface area contributed by atoms with Gasteiger partial charge in [0.25, 0.3) is 0 Å². The van der Waals surface area contributed by atoms with Crippen LogP contribution in [0.2, 0.25) is 6.55 Å². The lowest BCUT2D eigenvalue weighted by molar-refractivity contribution is 0.846. The Morgan fingerprint density at radius 2 is 1.00 bits per heavy atom. The topological polar surface area (TPSA) is 0 Å². The predicted molar refractivity (Wildman–Crippen MR) is 117 cm³/mol. The average Bonchev–Trinajstić information content (AvgIpc) is 2.67. The Bertz CT molecular complexity index is 829. The lowest BCUT2D eigenvalue weighted by Crippen LogP contribution is -2.24. The van der Waals surface area contributed by atoms with Gasteiger partial charge in [0.2, 0.25) is 0 Å². The smallest absolute Gasteiger partial charge is 0.0688 e. The van der Waals surface area contributed by atoms with Crippen molar-refractivity contribution in [3.05, 3.63) is 77.9 Å². The van der Waals surface area contributed by atoms with E-state index in [2.05, 4.69) is 101 Å². The SMILES string of the molecule is C[Si]c1c(C(C)C)cc(-c2ccc(-c3ccccc3)cc2)cc1C(C)C. The maximum absolute atomic E-state index is 2.42. The fourth-order valence-corrected chi connectivity index (χ4v) is 4.84. The molecule has 0 atom stereocenters. The van der Waals surface area contributed by atoms with Crippen molar-refractivity contribution < 1.29 is 0 Å². The van der Waals surface area contributed by atoms with E-state index in [1.165, 1.54) is 33.4 Å². The second-order valence-electron chi connectivity index (χ2n) is 7.53. The van der Waals surface area contributed by atoms with Gasteiger partial charge in [0.15, 0.2) is 0 Å². The summed E-state index contributed by atoms with van der Waals surface area (Å²) in [7, 11) is 0.846. The largest absolute Gasteiger partial charge is 0.0781 e. The molecule has 0 fully saturated rings. The fourth-order valence-electron chi connectivity index (χ4n) is 3.54. The van der Waals surface area contributed by atoms with Crippen LogP contribution < -0.4 is 5.19 Å². The van der Waals surface area contributed by atoms with Crippen molar-refractivity contribution in [3.63, 3.8) is 0 Å². The molecule has 0 heterocycles. The minimum atomic E-state index is 0.554.